The fraction of sp³-hybridized carbons (Fsp3) is 0.611. The smallest absolute Gasteiger partial charge is 0.240 e. The van der Waals surface area contributed by atoms with Crippen molar-refractivity contribution >= 4 is 21.6 Å². The van der Waals surface area contributed by atoms with E-state index in [0.29, 0.717) is 6.54 Å². The highest BCUT2D eigenvalue weighted by Gasteiger charge is 2.22. The van der Waals surface area contributed by atoms with Gasteiger partial charge in [0.15, 0.2) is 11.6 Å². The van der Waals surface area contributed by atoms with E-state index >= 15 is 0 Å². The molecule has 152 valence electrons. The number of nitrogens with zero attached hydrogens (tertiary/aromatic N) is 2. The predicted octanol–water partition coefficient (Wildman–Crippen LogP) is 2.11. The molecule has 0 saturated carbocycles. The Balaban J connectivity index is 1.85. The molecular weight excluding hydrogens is 376 g/mol. The summed E-state index contributed by atoms with van der Waals surface area (Å²) < 4.78 is 51.2. The molecule has 0 aliphatic carbocycles. The van der Waals surface area contributed by atoms with E-state index in [0.717, 1.165) is 54.8 Å². The van der Waals surface area contributed by atoms with Gasteiger partial charge in [0.25, 0.3) is 0 Å². The van der Waals surface area contributed by atoms with Crippen LogP contribution in [0.25, 0.3) is 0 Å². The van der Waals surface area contributed by atoms with E-state index in [4.69, 9.17) is 0 Å². The fourth-order valence-electron chi connectivity index (χ4n) is 3.12. The summed E-state index contributed by atoms with van der Waals surface area (Å²) in [4.78, 5) is 14.5. The van der Waals surface area contributed by atoms with Crippen LogP contribution in [-0.4, -0.2) is 58.2 Å². The molecule has 0 aromatic heterocycles. The van der Waals surface area contributed by atoms with Crippen LogP contribution in [0, 0.1) is 11.6 Å². The molecular formula is C18H27F2N3O3S. The second kappa shape index (κ2) is 9.98. The lowest BCUT2D eigenvalue weighted by Gasteiger charge is -2.22. The number of sulfonamides is 1. The van der Waals surface area contributed by atoms with Crippen molar-refractivity contribution in [1.29, 1.82) is 0 Å². The van der Waals surface area contributed by atoms with Crippen molar-refractivity contribution in [2.75, 3.05) is 43.3 Å². The molecule has 2 rings (SSSR count). The highest BCUT2D eigenvalue weighted by molar-refractivity contribution is 7.92. The van der Waals surface area contributed by atoms with Crippen LogP contribution in [0.2, 0.25) is 0 Å². The van der Waals surface area contributed by atoms with Gasteiger partial charge in [-0.15, -0.1) is 0 Å². The van der Waals surface area contributed by atoms with Crippen LogP contribution in [0.4, 0.5) is 14.5 Å². The summed E-state index contributed by atoms with van der Waals surface area (Å²) >= 11 is 0. The number of amides is 1. The average Bonchev–Trinajstić information content (AvgIpc) is 2.87. The van der Waals surface area contributed by atoms with E-state index in [1.165, 1.54) is 25.7 Å². The number of anilines is 1. The molecule has 0 atom stereocenters. The SMILES string of the molecule is CS(=O)(=O)N(CC(=O)NCCCN1CCCCCC1)c1ccc(F)c(F)c1. The van der Waals surface area contributed by atoms with Crippen LogP contribution in [0.3, 0.4) is 0 Å². The van der Waals surface area contributed by atoms with E-state index in [-0.39, 0.29) is 5.69 Å². The van der Waals surface area contributed by atoms with Crippen molar-refractivity contribution in [3.05, 3.63) is 29.8 Å². The number of halogens is 2. The van der Waals surface area contributed by atoms with Crippen molar-refractivity contribution in [2.45, 2.75) is 32.1 Å². The van der Waals surface area contributed by atoms with E-state index in [2.05, 4.69) is 10.2 Å². The molecule has 0 spiro atoms. The Kier molecular flexibility index (Phi) is 7.97. The number of benzene rings is 1. The van der Waals surface area contributed by atoms with Crippen molar-refractivity contribution in [1.82, 2.24) is 10.2 Å². The molecule has 1 amide bonds. The molecule has 1 saturated heterocycles. The Hall–Kier alpha value is -1.74. The normalized spacial score (nSPS) is 16.0. The van der Waals surface area contributed by atoms with Gasteiger partial charge < -0.3 is 10.2 Å². The maximum atomic E-state index is 13.4. The number of carbonyl (C=O) groups is 1. The summed E-state index contributed by atoms with van der Waals surface area (Å²) in [5.74, 6) is -2.73. The van der Waals surface area contributed by atoms with Gasteiger partial charge in [-0.05, 0) is 51.0 Å². The van der Waals surface area contributed by atoms with E-state index < -0.39 is 34.1 Å². The molecule has 1 fully saturated rings. The Morgan fingerprint density at radius 3 is 2.41 bits per heavy atom. The first kappa shape index (κ1) is 21.6. The molecule has 6 nitrogen and oxygen atoms in total. The maximum Gasteiger partial charge on any atom is 0.240 e. The van der Waals surface area contributed by atoms with Gasteiger partial charge in [0.2, 0.25) is 15.9 Å². The van der Waals surface area contributed by atoms with Gasteiger partial charge in [0.1, 0.15) is 6.54 Å². The van der Waals surface area contributed by atoms with Crippen molar-refractivity contribution in [3.8, 4) is 0 Å². The van der Waals surface area contributed by atoms with Crippen LogP contribution in [0.5, 0.6) is 0 Å². The van der Waals surface area contributed by atoms with E-state index in [1.807, 2.05) is 0 Å². The van der Waals surface area contributed by atoms with E-state index in [1.54, 1.807) is 0 Å². The summed E-state index contributed by atoms with van der Waals surface area (Å²) in [5.41, 5.74) is -0.0869. The van der Waals surface area contributed by atoms with Gasteiger partial charge in [-0.3, -0.25) is 9.10 Å². The Labute approximate surface area is 159 Å². The molecule has 0 bridgehead atoms. The van der Waals surface area contributed by atoms with Crippen LogP contribution in [0.15, 0.2) is 18.2 Å². The molecule has 9 heteroatoms. The third-order valence-corrected chi connectivity index (χ3v) is 5.69. The topological polar surface area (TPSA) is 69.7 Å². The zero-order valence-electron chi connectivity index (χ0n) is 15.6. The molecule has 1 aliphatic rings. The first-order valence-corrected chi connectivity index (χ1v) is 11.0. The predicted molar refractivity (Wildman–Crippen MR) is 101 cm³/mol. The van der Waals surface area contributed by atoms with Gasteiger partial charge in [-0.1, -0.05) is 12.8 Å². The highest BCUT2D eigenvalue weighted by atomic mass is 32.2. The molecule has 1 aliphatic heterocycles. The van der Waals surface area contributed by atoms with Crippen LogP contribution in [0.1, 0.15) is 32.1 Å². The lowest BCUT2D eigenvalue weighted by molar-refractivity contribution is -0.119. The summed E-state index contributed by atoms with van der Waals surface area (Å²) in [6.07, 6.45) is 6.61. The number of rotatable bonds is 8. The summed E-state index contributed by atoms with van der Waals surface area (Å²) in [6.45, 7) is 3.00. The summed E-state index contributed by atoms with van der Waals surface area (Å²) in [5, 5.41) is 2.70. The Bertz CT molecular complexity index is 735. The number of likely N-dealkylation sites (tertiary alicyclic amines) is 1. The third kappa shape index (κ3) is 7.06. The fourth-order valence-corrected chi connectivity index (χ4v) is 3.97. The second-order valence-electron chi connectivity index (χ2n) is 6.83. The largest absolute Gasteiger partial charge is 0.354 e. The van der Waals surface area contributed by atoms with Crippen molar-refractivity contribution < 1.29 is 22.0 Å². The minimum Gasteiger partial charge on any atom is -0.354 e. The minimum absolute atomic E-state index is 0.0869. The second-order valence-corrected chi connectivity index (χ2v) is 8.73. The first-order valence-electron chi connectivity index (χ1n) is 9.19. The number of hydrogen-bond donors (Lipinski definition) is 1. The summed E-state index contributed by atoms with van der Waals surface area (Å²) in [7, 11) is -3.82. The monoisotopic (exact) mass is 403 g/mol. The van der Waals surface area contributed by atoms with Crippen LogP contribution < -0.4 is 9.62 Å². The van der Waals surface area contributed by atoms with Crippen LogP contribution in [-0.2, 0) is 14.8 Å². The average molecular weight is 403 g/mol. The van der Waals surface area contributed by atoms with Gasteiger partial charge in [0.05, 0.1) is 11.9 Å². The third-order valence-electron chi connectivity index (χ3n) is 4.55. The maximum absolute atomic E-state index is 13.4. The lowest BCUT2D eigenvalue weighted by Crippen LogP contribution is -2.41. The molecule has 1 aromatic carbocycles. The van der Waals surface area contributed by atoms with Gasteiger partial charge in [-0.2, -0.15) is 0 Å². The zero-order chi connectivity index (χ0) is 19.9. The van der Waals surface area contributed by atoms with E-state index in [9.17, 15) is 22.0 Å². The zero-order valence-corrected chi connectivity index (χ0v) is 16.4. The highest BCUT2D eigenvalue weighted by Crippen LogP contribution is 2.20. The van der Waals surface area contributed by atoms with Crippen molar-refractivity contribution in [2.24, 2.45) is 0 Å². The molecule has 1 N–H and O–H groups in total. The number of hydrogen-bond acceptors (Lipinski definition) is 4. The van der Waals surface area contributed by atoms with Gasteiger partial charge in [0, 0.05) is 12.6 Å². The van der Waals surface area contributed by atoms with Crippen LogP contribution >= 0.6 is 0 Å². The molecule has 0 radical (unpaired) electrons. The number of nitrogens with one attached hydrogen (secondary N) is 1. The molecule has 27 heavy (non-hydrogen) atoms. The Morgan fingerprint density at radius 1 is 1.15 bits per heavy atom. The Morgan fingerprint density at radius 2 is 1.81 bits per heavy atom. The standard InChI is InChI=1S/C18H27F2N3O3S/c1-27(25,26)23(15-7-8-16(19)17(20)13-15)14-18(24)21-9-6-12-22-10-4-2-3-5-11-22/h7-8,13H,2-6,9-12,14H2,1H3,(H,21,24). The molecule has 1 heterocycles. The number of carbonyl (C=O) groups excluding carboxylic acids is 1. The first-order chi connectivity index (χ1) is 12.8. The minimum atomic E-state index is -3.82. The molecule has 1 aromatic rings. The van der Waals surface area contributed by atoms with Gasteiger partial charge >= 0.3 is 0 Å². The lowest BCUT2D eigenvalue weighted by atomic mass is 10.2. The quantitative estimate of drug-likeness (QED) is 0.675. The van der Waals surface area contributed by atoms with Gasteiger partial charge in [-0.25, -0.2) is 17.2 Å². The molecule has 0 unspecified atom stereocenters. The van der Waals surface area contributed by atoms with Crippen molar-refractivity contribution in [3.63, 3.8) is 0 Å². The summed E-state index contributed by atoms with van der Waals surface area (Å²) in [6, 6.07) is 2.73.